The molecule has 0 atom stereocenters. The molecule has 1 aromatic rings. The van der Waals surface area contributed by atoms with E-state index in [1.54, 1.807) is 6.92 Å². The van der Waals surface area contributed by atoms with Crippen LogP contribution < -0.4 is 5.32 Å². The van der Waals surface area contributed by atoms with Crippen LogP contribution in [0.25, 0.3) is 0 Å². The van der Waals surface area contributed by atoms with Crippen molar-refractivity contribution in [2.45, 2.75) is 64.8 Å². The molecule has 1 aliphatic carbocycles. The number of hydrogen-bond donors (Lipinski definition) is 1. The van der Waals surface area contributed by atoms with Crippen LogP contribution in [0.15, 0.2) is 6.07 Å². The van der Waals surface area contributed by atoms with Gasteiger partial charge in [-0.3, -0.25) is 14.9 Å². The Balaban J connectivity index is 2.16. The molecule has 1 N–H and O–H groups in total. The zero-order chi connectivity index (χ0) is 18.4. The highest BCUT2D eigenvalue weighted by molar-refractivity contribution is 5.74. The summed E-state index contributed by atoms with van der Waals surface area (Å²) >= 11 is 0. The maximum absolute atomic E-state index is 11.6. The predicted octanol–water partition coefficient (Wildman–Crippen LogP) is 3.39. The lowest BCUT2D eigenvalue weighted by atomic mass is 9.93. The number of benzene rings is 1. The monoisotopic (exact) mass is 348 g/mol. The minimum atomic E-state index is -0.386. The zero-order valence-electron chi connectivity index (χ0n) is 15.4. The second kappa shape index (κ2) is 8.94. The van der Waals surface area contributed by atoms with Crippen LogP contribution in [0, 0.1) is 24.0 Å². The summed E-state index contributed by atoms with van der Waals surface area (Å²) in [4.78, 5) is 22.9. The van der Waals surface area contributed by atoms with Crippen LogP contribution in [0.3, 0.4) is 0 Å². The lowest BCUT2D eigenvalue weighted by Crippen LogP contribution is -2.32. The average Bonchev–Trinajstić information content (AvgIpc) is 2.59. The fourth-order valence-corrected chi connectivity index (χ4v) is 3.70. The third-order valence-electron chi connectivity index (χ3n) is 5.15. The van der Waals surface area contributed by atoms with Crippen molar-refractivity contribution in [1.29, 1.82) is 0 Å². The standard InChI is InChI=1S/C19H28N2O4/c1-13-11-15(12-18(22)25-3)14(2)19(21(23)24)17(13)9-10-20-16-7-5-4-6-8-16/h11,16,20H,4-10,12H2,1-3H3. The number of aryl methyl sites for hydroxylation is 1. The van der Waals surface area contributed by atoms with Crippen molar-refractivity contribution in [1.82, 2.24) is 5.32 Å². The normalized spacial score (nSPS) is 15.2. The molecule has 138 valence electrons. The lowest BCUT2D eigenvalue weighted by Gasteiger charge is -2.23. The van der Waals surface area contributed by atoms with E-state index in [1.807, 2.05) is 13.0 Å². The summed E-state index contributed by atoms with van der Waals surface area (Å²) in [5.41, 5.74) is 3.00. The Morgan fingerprint density at radius 2 is 2.00 bits per heavy atom. The number of esters is 1. The Labute approximate surface area is 149 Å². The van der Waals surface area contributed by atoms with Crippen molar-refractivity contribution in [2.75, 3.05) is 13.7 Å². The van der Waals surface area contributed by atoms with Crippen LogP contribution in [0.1, 0.15) is 54.4 Å². The van der Waals surface area contributed by atoms with Crippen molar-refractivity contribution < 1.29 is 14.5 Å². The summed E-state index contributed by atoms with van der Waals surface area (Å²) in [5, 5.41) is 15.2. The van der Waals surface area contributed by atoms with E-state index in [1.165, 1.54) is 39.2 Å². The molecular formula is C19H28N2O4. The fourth-order valence-electron chi connectivity index (χ4n) is 3.70. The van der Waals surface area contributed by atoms with Gasteiger partial charge in [-0.25, -0.2) is 0 Å². The number of nitro benzene ring substituents is 1. The molecule has 1 fully saturated rings. The largest absolute Gasteiger partial charge is 0.469 e. The molecule has 0 radical (unpaired) electrons. The number of nitro groups is 1. The summed E-state index contributed by atoms with van der Waals surface area (Å²) in [6.45, 7) is 4.33. The number of ether oxygens (including phenoxy) is 1. The van der Waals surface area contributed by atoms with Gasteiger partial charge in [0, 0.05) is 17.2 Å². The fraction of sp³-hybridized carbons (Fsp3) is 0.632. The van der Waals surface area contributed by atoms with E-state index in [9.17, 15) is 14.9 Å². The molecule has 0 bridgehead atoms. The van der Waals surface area contributed by atoms with Crippen molar-refractivity contribution in [3.8, 4) is 0 Å². The smallest absolute Gasteiger partial charge is 0.309 e. The molecule has 0 amide bonds. The third-order valence-corrected chi connectivity index (χ3v) is 5.15. The summed E-state index contributed by atoms with van der Waals surface area (Å²) in [6.07, 6.45) is 6.90. The maximum Gasteiger partial charge on any atom is 0.309 e. The molecule has 0 unspecified atom stereocenters. The van der Waals surface area contributed by atoms with Gasteiger partial charge in [-0.1, -0.05) is 25.3 Å². The Morgan fingerprint density at radius 3 is 2.60 bits per heavy atom. The molecule has 0 saturated heterocycles. The minimum absolute atomic E-state index is 0.0601. The first-order chi connectivity index (χ1) is 11.9. The Bertz CT molecular complexity index is 637. The SMILES string of the molecule is COC(=O)Cc1cc(C)c(CCNC2CCCCC2)c([N+](=O)[O-])c1C. The van der Waals surface area contributed by atoms with Crippen LogP contribution in [0.4, 0.5) is 5.69 Å². The van der Waals surface area contributed by atoms with Crippen LogP contribution in [0.5, 0.6) is 0 Å². The number of nitrogens with one attached hydrogen (secondary N) is 1. The van der Waals surface area contributed by atoms with Gasteiger partial charge in [0.1, 0.15) is 0 Å². The van der Waals surface area contributed by atoms with Gasteiger partial charge in [0.25, 0.3) is 5.69 Å². The number of methoxy groups -OCH3 is 1. The van der Waals surface area contributed by atoms with E-state index in [0.29, 0.717) is 23.6 Å². The van der Waals surface area contributed by atoms with Crippen molar-refractivity contribution in [3.63, 3.8) is 0 Å². The summed E-state index contributed by atoms with van der Waals surface area (Å²) in [6, 6.07) is 2.42. The van der Waals surface area contributed by atoms with Gasteiger partial charge in [0.05, 0.1) is 18.5 Å². The van der Waals surface area contributed by atoms with E-state index in [0.717, 1.165) is 17.7 Å². The van der Waals surface area contributed by atoms with Crippen LogP contribution in [-0.4, -0.2) is 30.6 Å². The van der Waals surface area contributed by atoms with Gasteiger partial charge < -0.3 is 10.1 Å². The Morgan fingerprint density at radius 1 is 1.32 bits per heavy atom. The van der Waals surface area contributed by atoms with E-state index >= 15 is 0 Å². The quantitative estimate of drug-likeness (QED) is 0.464. The van der Waals surface area contributed by atoms with Crippen molar-refractivity contribution in [3.05, 3.63) is 38.4 Å². The zero-order valence-corrected chi connectivity index (χ0v) is 15.4. The van der Waals surface area contributed by atoms with Crippen LogP contribution >= 0.6 is 0 Å². The second-order valence-electron chi connectivity index (χ2n) is 6.85. The first kappa shape index (κ1) is 19.4. The first-order valence-corrected chi connectivity index (χ1v) is 9.00. The minimum Gasteiger partial charge on any atom is -0.469 e. The Hall–Kier alpha value is -1.95. The summed E-state index contributed by atoms with van der Waals surface area (Å²) in [7, 11) is 1.32. The molecule has 0 spiro atoms. The molecule has 1 aromatic carbocycles. The molecule has 0 aromatic heterocycles. The molecular weight excluding hydrogens is 320 g/mol. The number of nitrogens with zero attached hydrogens (tertiary/aromatic N) is 1. The molecule has 6 heteroatoms. The van der Waals surface area contributed by atoms with Gasteiger partial charge in [0.15, 0.2) is 0 Å². The van der Waals surface area contributed by atoms with E-state index in [4.69, 9.17) is 4.74 Å². The van der Waals surface area contributed by atoms with Gasteiger partial charge >= 0.3 is 5.97 Å². The molecule has 6 nitrogen and oxygen atoms in total. The highest BCUT2D eigenvalue weighted by Gasteiger charge is 2.24. The molecule has 1 saturated carbocycles. The van der Waals surface area contributed by atoms with Crippen LogP contribution in [-0.2, 0) is 22.4 Å². The second-order valence-corrected chi connectivity index (χ2v) is 6.85. The number of carbonyl (C=O) groups excluding carboxylic acids is 1. The van der Waals surface area contributed by atoms with Crippen LogP contribution in [0.2, 0.25) is 0 Å². The summed E-state index contributed by atoms with van der Waals surface area (Å²) in [5.74, 6) is -0.386. The molecule has 0 aliphatic heterocycles. The van der Waals surface area contributed by atoms with E-state index < -0.39 is 0 Å². The highest BCUT2D eigenvalue weighted by atomic mass is 16.6. The van der Waals surface area contributed by atoms with E-state index in [-0.39, 0.29) is 23.0 Å². The van der Waals surface area contributed by atoms with Gasteiger partial charge in [-0.2, -0.15) is 0 Å². The van der Waals surface area contributed by atoms with Gasteiger partial charge in [-0.05, 0) is 50.8 Å². The first-order valence-electron chi connectivity index (χ1n) is 9.00. The van der Waals surface area contributed by atoms with Gasteiger partial charge in [-0.15, -0.1) is 0 Å². The molecule has 0 heterocycles. The topological polar surface area (TPSA) is 81.5 Å². The third kappa shape index (κ3) is 5.01. The Kier molecular flexibility index (Phi) is 6.93. The van der Waals surface area contributed by atoms with E-state index in [2.05, 4.69) is 5.32 Å². The predicted molar refractivity (Wildman–Crippen MR) is 96.9 cm³/mol. The van der Waals surface area contributed by atoms with Crippen molar-refractivity contribution in [2.24, 2.45) is 0 Å². The maximum atomic E-state index is 11.6. The highest BCUT2D eigenvalue weighted by Crippen LogP contribution is 2.30. The molecule has 25 heavy (non-hydrogen) atoms. The number of carbonyl (C=O) groups is 1. The lowest BCUT2D eigenvalue weighted by molar-refractivity contribution is -0.386. The summed E-state index contributed by atoms with van der Waals surface area (Å²) < 4.78 is 4.69. The molecule has 2 rings (SSSR count). The number of hydrogen-bond acceptors (Lipinski definition) is 5. The number of rotatable bonds is 7. The average molecular weight is 348 g/mol. The van der Waals surface area contributed by atoms with Crippen molar-refractivity contribution >= 4 is 11.7 Å². The van der Waals surface area contributed by atoms with Gasteiger partial charge in [0.2, 0.25) is 0 Å². The molecule has 1 aliphatic rings.